The first-order chi connectivity index (χ1) is 17.0. The summed E-state index contributed by atoms with van der Waals surface area (Å²) in [4.78, 5) is 23.5. The number of fused-ring (bicyclic) bond motifs is 2. The zero-order chi connectivity index (χ0) is 24.8. The highest BCUT2D eigenvalue weighted by atomic mass is 16.6. The summed E-state index contributed by atoms with van der Waals surface area (Å²) < 4.78 is 21.3. The molecule has 0 saturated heterocycles. The molecule has 1 aliphatic rings. The number of hydrogen-bond donors (Lipinski definition) is 2. The molecule has 2 N–H and O–H groups in total. The van der Waals surface area contributed by atoms with Gasteiger partial charge in [0.1, 0.15) is 12.4 Å². The van der Waals surface area contributed by atoms with Crippen molar-refractivity contribution in [1.29, 1.82) is 0 Å². The number of rotatable bonds is 10. The van der Waals surface area contributed by atoms with E-state index in [2.05, 4.69) is 10.6 Å². The second-order valence-corrected chi connectivity index (χ2v) is 7.64. The van der Waals surface area contributed by atoms with Crippen LogP contribution < -0.4 is 20.1 Å². The first-order valence-electron chi connectivity index (χ1n) is 10.9. The number of carbonyl (C=O) groups excluding carboxylic acids is 1. The Hall–Kier alpha value is -4.15. The summed E-state index contributed by atoms with van der Waals surface area (Å²) in [6.45, 7) is 1.82. The number of nitro benzene ring substituents is 1. The number of anilines is 3. The Bertz CT molecular complexity index is 1250. The van der Waals surface area contributed by atoms with Gasteiger partial charge >= 0.3 is 5.69 Å². The second-order valence-electron chi connectivity index (χ2n) is 7.64. The standard InChI is InChI=1S/C25H25N3O7/c1-32-9-10-34-11-12-35-18-5-7-20-22(15-18)26-21-13-16(3-6-19(21)25(29)27-20)17-4-8-23(28(30)31)24(14-17)33-2/h3-8,13-15,26H,9-12H2,1-2H3,(H,27,29). The van der Waals surface area contributed by atoms with Gasteiger partial charge in [0.05, 0.1) is 54.5 Å². The molecule has 3 aromatic rings. The molecule has 182 valence electrons. The van der Waals surface area contributed by atoms with Gasteiger partial charge in [-0.2, -0.15) is 0 Å². The average Bonchev–Trinajstić information content (AvgIpc) is 3.00. The lowest BCUT2D eigenvalue weighted by Crippen LogP contribution is -2.11. The Morgan fingerprint density at radius 1 is 0.829 bits per heavy atom. The molecule has 0 aromatic heterocycles. The van der Waals surface area contributed by atoms with E-state index in [1.807, 2.05) is 6.07 Å². The quantitative estimate of drug-likeness (QED) is 0.245. The van der Waals surface area contributed by atoms with Crippen LogP contribution in [0, 0.1) is 10.1 Å². The van der Waals surface area contributed by atoms with Crippen LogP contribution in [0.5, 0.6) is 11.5 Å². The minimum atomic E-state index is -0.492. The van der Waals surface area contributed by atoms with Gasteiger partial charge in [-0.25, -0.2) is 0 Å². The van der Waals surface area contributed by atoms with Crippen LogP contribution in [0.2, 0.25) is 0 Å². The fourth-order valence-corrected chi connectivity index (χ4v) is 3.66. The summed E-state index contributed by atoms with van der Waals surface area (Å²) in [6.07, 6.45) is 0. The second kappa shape index (κ2) is 10.9. The van der Waals surface area contributed by atoms with Crippen LogP contribution in [-0.2, 0) is 9.47 Å². The average molecular weight is 479 g/mol. The number of nitro groups is 1. The molecule has 0 spiro atoms. The number of methoxy groups -OCH3 is 2. The predicted molar refractivity (Wildman–Crippen MR) is 131 cm³/mol. The van der Waals surface area contributed by atoms with Crippen molar-refractivity contribution in [3.63, 3.8) is 0 Å². The van der Waals surface area contributed by atoms with Crippen molar-refractivity contribution in [3.8, 4) is 22.6 Å². The zero-order valence-corrected chi connectivity index (χ0v) is 19.3. The van der Waals surface area contributed by atoms with Gasteiger partial charge < -0.3 is 29.6 Å². The summed E-state index contributed by atoms with van der Waals surface area (Å²) in [5.41, 5.74) is 3.72. The van der Waals surface area contributed by atoms with Crippen LogP contribution >= 0.6 is 0 Å². The van der Waals surface area contributed by atoms with Crippen molar-refractivity contribution < 1.29 is 28.7 Å². The van der Waals surface area contributed by atoms with Gasteiger partial charge in [-0.05, 0) is 47.5 Å². The molecule has 1 amide bonds. The van der Waals surface area contributed by atoms with E-state index in [4.69, 9.17) is 18.9 Å². The fraction of sp³-hybridized carbons (Fsp3) is 0.240. The number of nitrogens with zero attached hydrogens (tertiary/aromatic N) is 1. The lowest BCUT2D eigenvalue weighted by molar-refractivity contribution is -0.385. The van der Waals surface area contributed by atoms with Crippen molar-refractivity contribution in [2.24, 2.45) is 0 Å². The van der Waals surface area contributed by atoms with Crippen molar-refractivity contribution in [1.82, 2.24) is 0 Å². The first-order valence-corrected chi connectivity index (χ1v) is 10.9. The maximum absolute atomic E-state index is 12.8. The minimum Gasteiger partial charge on any atom is -0.491 e. The molecule has 10 nitrogen and oxygen atoms in total. The van der Waals surface area contributed by atoms with Crippen molar-refractivity contribution in [2.45, 2.75) is 0 Å². The normalized spacial score (nSPS) is 12.0. The number of ether oxygens (including phenoxy) is 4. The molecule has 1 heterocycles. The Morgan fingerprint density at radius 2 is 1.60 bits per heavy atom. The molecule has 0 unspecified atom stereocenters. The highest BCUT2D eigenvalue weighted by molar-refractivity contribution is 6.12. The summed E-state index contributed by atoms with van der Waals surface area (Å²) in [7, 11) is 3.00. The highest BCUT2D eigenvalue weighted by Gasteiger charge is 2.21. The maximum atomic E-state index is 12.8. The number of amides is 1. The third kappa shape index (κ3) is 5.51. The number of nitrogens with one attached hydrogen (secondary N) is 2. The van der Waals surface area contributed by atoms with Crippen LogP contribution in [-0.4, -0.2) is 51.5 Å². The molecule has 0 saturated carbocycles. The monoisotopic (exact) mass is 479 g/mol. The molecule has 0 atom stereocenters. The summed E-state index contributed by atoms with van der Waals surface area (Å²) in [6, 6.07) is 15.3. The minimum absolute atomic E-state index is 0.117. The number of hydrogen-bond acceptors (Lipinski definition) is 8. The lowest BCUT2D eigenvalue weighted by atomic mass is 10.0. The van der Waals surface area contributed by atoms with Gasteiger partial charge in [0.25, 0.3) is 5.91 Å². The van der Waals surface area contributed by atoms with Crippen molar-refractivity contribution in [3.05, 3.63) is 70.3 Å². The third-order valence-electron chi connectivity index (χ3n) is 5.41. The van der Waals surface area contributed by atoms with Crippen LogP contribution in [0.15, 0.2) is 54.6 Å². The fourth-order valence-electron chi connectivity index (χ4n) is 3.66. The van der Waals surface area contributed by atoms with Gasteiger partial charge in [-0.1, -0.05) is 6.07 Å². The smallest absolute Gasteiger partial charge is 0.310 e. The Morgan fingerprint density at radius 3 is 2.37 bits per heavy atom. The molecule has 35 heavy (non-hydrogen) atoms. The van der Waals surface area contributed by atoms with E-state index >= 15 is 0 Å². The van der Waals surface area contributed by atoms with Gasteiger partial charge in [0.15, 0.2) is 5.75 Å². The number of benzene rings is 3. The lowest BCUT2D eigenvalue weighted by Gasteiger charge is -2.13. The molecule has 0 radical (unpaired) electrons. The van der Waals surface area contributed by atoms with E-state index < -0.39 is 4.92 Å². The van der Waals surface area contributed by atoms with Crippen molar-refractivity contribution in [2.75, 3.05) is 51.3 Å². The molecule has 0 bridgehead atoms. The third-order valence-corrected chi connectivity index (χ3v) is 5.41. The van der Waals surface area contributed by atoms with Crippen LogP contribution in [0.1, 0.15) is 10.4 Å². The number of carbonyl (C=O) groups is 1. The van der Waals surface area contributed by atoms with Crippen molar-refractivity contribution >= 4 is 28.7 Å². The van der Waals surface area contributed by atoms with E-state index in [-0.39, 0.29) is 17.3 Å². The molecular formula is C25H25N3O7. The van der Waals surface area contributed by atoms with Gasteiger partial charge in [0, 0.05) is 19.2 Å². The van der Waals surface area contributed by atoms with E-state index in [0.29, 0.717) is 60.4 Å². The Balaban J connectivity index is 1.57. The topological polar surface area (TPSA) is 121 Å². The molecule has 1 aliphatic heterocycles. The highest BCUT2D eigenvalue weighted by Crippen LogP contribution is 2.38. The Labute approximate surface area is 201 Å². The summed E-state index contributed by atoms with van der Waals surface area (Å²) in [5.74, 6) is 0.534. The van der Waals surface area contributed by atoms with Crippen LogP contribution in [0.4, 0.5) is 22.7 Å². The largest absolute Gasteiger partial charge is 0.491 e. The van der Waals surface area contributed by atoms with Gasteiger partial charge in [-0.15, -0.1) is 0 Å². The molecule has 0 aliphatic carbocycles. The summed E-state index contributed by atoms with van der Waals surface area (Å²) in [5, 5.41) is 17.4. The molecule has 3 aromatic carbocycles. The predicted octanol–water partition coefficient (Wildman–Crippen LogP) is 4.62. The van der Waals surface area contributed by atoms with Crippen LogP contribution in [0.3, 0.4) is 0 Å². The Kier molecular flexibility index (Phi) is 7.44. The molecule has 0 fully saturated rings. The van der Waals surface area contributed by atoms with Gasteiger partial charge in [0.2, 0.25) is 0 Å². The van der Waals surface area contributed by atoms with E-state index in [9.17, 15) is 14.9 Å². The van der Waals surface area contributed by atoms with E-state index in [0.717, 1.165) is 5.56 Å². The van der Waals surface area contributed by atoms with Gasteiger partial charge in [-0.3, -0.25) is 14.9 Å². The van der Waals surface area contributed by atoms with Crippen LogP contribution in [0.25, 0.3) is 11.1 Å². The summed E-state index contributed by atoms with van der Waals surface area (Å²) >= 11 is 0. The zero-order valence-electron chi connectivity index (χ0n) is 19.3. The SMILES string of the molecule is COCCOCCOc1ccc2c(c1)Nc1cc(-c3ccc([N+](=O)[O-])c(OC)c3)ccc1C(=O)N2. The van der Waals surface area contributed by atoms with E-state index in [1.54, 1.807) is 49.6 Å². The first kappa shape index (κ1) is 24.0. The van der Waals surface area contributed by atoms with E-state index in [1.165, 1.54) is 13.2 Å². The maximum Gasteiger partial charge on any atom is 0.310 e. The molecular weight excluding hydrogens is 454 g/mol. The molecule has 4 rings (SSSR count). The molecule has 10 heteroatoms.